The third-order valence-corrected chi connectivity index (χ3v) is 4.24. The molecule has 0 aromatic heterocycles. The van der Waals surface area contributed by atoms with Gasteiger partial charge in [0.1, 0.15) is 0 Å². The van der Waals surface area contributed by atoms with Gasteiger partial charge < -0.3 is 10.0 Å². The van der Waals surface area contributed by atoms with Gasteiger partial charge in [-0.05, 0) is 38.3 Å². The quantitative estimate of drug-likeness (QED) is 0.919. The van der Waals surface area contributed by atoms with Crippen LogP contribution in [0.2, 0.25) is 0 Å². The van der Waals surface area contributed by atoms with Crippen LogP contribution >= 0.6 is 0 Å². The van der Waals surface area contributed by atoms with Crippen molar-refractivity contribution >= 4 is 11.9 Å². The normalized spacial score (nSPS) is 22.1. The first kappa shape index (κ1) is 14.6. The Morgan fingerprint density at radius 3 is 2.65 bits per heavy atom. The lowest BCUT2D eigenvalue weighted by molar-refractivity contribution is -0.143. The largest absolute Gasteiger partial charge is 0.481 e. The second-order valence-corrected chi connectivity index (χ2v) is 5.67. The number of nitrogens with zero attached hydrogens (tertiary/aromatic N) is 1. The van der Waals surface area contributed by atoms with Gasteiger partial charge in [-0.2, -0.15) is 0 Å². The zero-order valence-electron chi connectivity index (χ0n) is 12.2. The van der Waals surface area contributed by atoms with Gasteiger partial charge in [0, 0.05) is 12.6 Å². The Morgan fingerprint density at radius 2 is 2.05 bits per heavy atom. The predicted octanol–water partition coefficient (Wildman–Crippen LogP) is 2.17. The Kier molecular flexibility index (Phi) is 4.12. The number of aliphatic carboxylic acids is 1. The number of aryl methyl sites for hydroxylation is 2. The van der Waals surface area contributed by atoms with Crippen LogP contribution in [0, 0.1) is 19.8 Å². The van der Waals surface area contributed by atoms with Crippen molar-refractivity contribution in [2.24, 2.45) is 5.92 Å². The lowest BCUT2D eigenvalue weighted by Gasteiger charge is -2.23. The van der Waals surface area contributed by atoms with Crippen molar-refractivity contribution < 1.29 is 14.7 Å². The molecule has 1 aromatic rings. The molecule has 1 fully saturated rings. The molecule has 1 aliphatic heterocycles. The molecule has 4 heteroatoms. The van der Waals surface area contributed by atoms with E-state index in [4.69, 9.17) is 5.11 Å². The van der Waals surface area contributed by atoms with Gasteiger partial charge in [0.15, 0.2) is 0 Å². The molecule has 2 rings (SSSR count). The Hall–Kier alpha value is -1.84. The van der Waals surface area contributed by atoms with E-state index in [2.05, 4.69) is 0 Å². The average molecular weight is 275 g/mol. The van der Waals surface area contributed by atoms with Gasteiger partial charge in [-0.1, -0.05) is 23.8 Å². The smallest absolute Gasteiger partial charge is 0.308 e. The number of carbonyl (C=O) groups is 2. The predicted molar refractivity (Wildman–Crippen MR) is 76.5 cm³/mol. The third kappa shape index (κ3) is 2.84. The summed E-state index contributed by atoms with van der Waals surface area (Å²) in [5, 5.41) is 9.12. The van der Waals surface area contributed by atoms with Gasteiger partial charge in [0.25, 0.3) is 0 Å². The van der Waals surface area contributed by atoms with Crippen molar-refractivity contribution in [3.05, 3.63) is 34.9 Å². The minimum atomic E-state index is -0.806. The first-order valence-electron chi connectivity index (χ1n) is 6.98. The molecule has 1 aliphatic rings. The van der Waals surface area contributed by atoms with Crippen LogP contribution in [0.5, 0.6) is 0 Å². The van der Waals surface area contributed by atoms with Crippen LogP contribution in [-0.2, 0) is 16.0 Å². The van der Waals surface area contributed by atoms with Crippen LogP contribution in [0.25, 0.3) is 0 Å². The van der Waals surface area contributed by atoms with E-state index in [-0.39, 0.29) is 11.9 Å². The molecule has 0 radical (unpaired) electrons. The molecule has 1 N–H and O–H groups in total. The van der Waals surface area contributed by atoms with Crippen LogP contribution in [0.15, 0.2) is 18.2 Å². The highest BCUT2D eigenvalue weighted by Crippen LogP contribution is 2.25. The molecule has 1 heterocycles. The van der Waals surface area contributed by atoms with Crippen molar-refractivity contribution in [2.45, 2.75) is 39.7 Å². The molecule has 20 heavy (non-hydrogen) atoms. The van der Waals surface area contributed by atoms with Gasteiger partial charge >= 0.3 is 5.97 Å². The summed E-state index contributed by atoms with van der Waals surface area (Å²) in [4.78, 5) is 25.2. The van der Waals surface area contributed by atoms with Crippen molar-refractivity contribution in [3.63, 3.8) is 0 Å². The van der Waals surface area contributed by atoms with E-state index in [0.29, 0.717) is 19.4 Å². The van der Waals surface area contributed by atoms with Gasteiger partial charge in [0.2, 0.25) is 5.91 Å². The van der Waals surface area contributed by atoms with Gasteiger partial charge in [0.05, 0.1) is 12.3 Å². The standard InChI is InChI=1S/C16H21NO3/c1-10-4-5-11(2)13(8-10)9-15(18)17-7-6-14(12(17)3)16(19)20/h4-5,8,12,14H,6-7,9H2,1-3H3,(H,19,20). The van der Waals surface area contributed by atoms with Crippen molar-refractivity contribution in [1.29, 1.82) is 0 Å². The van der Waals surface area contributed by atoms with E-state index in [0.717, 1.165) is 16.7 Å². The fourth-order valence-corrected chi connectivity index (χ4v) is 2.88. The Balaban J connectivity index is 2.09. The number of benzene rings is 1. The fourth-order valence-electron chi connectivity index (χ4n) is 2.88. The molecule has 0 saturated carbocycles. The number of carboxylic acid groups (broad SMARTS) is 1. The Morgan fingerprint density at radius 1 is 1.35 bits per heavy atom. The van der Waals surface area contributed by atoms with E-state index < -0.39 is 11.9 Å². The number of hydrogen-bond donors (Lipinski definition) is 1. The number of likely N-dealkylation sites (tertiary alicyclic amines) is 1. The Labute approximate surface area is 119 Å². The van der Waals surface area contributed by atoms with Crippen LogP contribution in [0.1, 0.15) is 30.0 Å². The summed E-state index contributed by atoms with van der Waals surface area (Å²) in [6.45, 7) is 6.37. The minimum Gasteiger partial charge on any atom is -0.481 e. The second-order valence-electron chi connectivity index (χ2n) is 5.67. The number of carboxylic acids is 1. The van der Waals surface area contributed by atoms with E-state index in [1.807, 2.05) is 39.0 Å². The second kappa shape index (κ2) is 5.65. The molecule has 1 amide bonds. The number of rotatable bonds is 3. The average Bonchev–Trinajstić information content (AvgIpc) is 2.76. The summed E-state index contributed by atoms with van der Waals surface area (Å²) in [7, 11) is 0. The summed E-state index contributed by atoms with van der Waals surface area (Å²) >= 11 is 0. The molecular formula is C16H21NO3. The molecule has 2 unspecified atom stereocenters. The van der Waals surface area contributed by atoms with Gasteiger partial charge in [-0.3, -0.25) is 9.59 Å². The van der Waals surface area contributed by atoms with Crippen LogP contribution in [0.3, 0.4) is 0 Å². The number of hydrogen-bond acceptors (Lipinski definition) is 2. The maximum absolute atomic E-state index is 12.4. The SMILES string of the molecule is Cc1ccc(C)c(CC(=O)N2CCC(C(=O)O)C2C)c1. The van der Waals surface area contributed by atoms with Crippen LogP contribution in [0.4, 0.5) is 0 Å². The Bertz CT molecular complexity index is 539. The zero-order chi connectivity index (χ0) is 14.9. The van der Waals surface area contributed by atoms with Gasteiger partial charge in [-0.15, -0.1) is 0 Å². The first-order valence-corrected chi connectivity index (χ1v) is 6.98. The molecular weight excluding hydrogens is 254 g/mol. The number of carbonyl (C=O) groups excluding carboxylic acids is 1. The van der Waals surface area contributed by atoms with Gasteiger partial charge in [-0.25, -0.2) is 0 Å². The highest BCUT2D eigenvalue weighted by molar-refractivity contribution is 5.81. The summed E-state index contributed by atoms with van der Waals surface area (Å²) in [6.07, 6.45) is 0.902. The molecule has 0 aliphatic carbocycles. The van der Waals surface area contributed by atoms with E-state index >= 15 is 0 Å². The molecule has 0 spiro atoms. The molecule has 4 nitrogen and oxygen atoms in total. The van der Waals surface area contributed by atoms with E-state index in [1.54, 1.807) is 4.90 Å². The lowest BCUT2D eigenvalue weighted by atomic mass is 10.0. The van der Waals surface area contributed by atoms with Crippen molar-refractivity contribution in [3.8, 4) is 0 Å². The monoisotopic (exact) mass is 275 g/mol. The molecule has 1 aromatic carbocycles. The maximum atomic E-state index is 12.4. The maximum Gasteiger partial charge on any atom is 0.308 e. The summed E-state index contributed by atoms with van der Waals surface area (Å²) in [5.41, 5.74) is 3.27. The topological polar surface area (TPSA) is 57.6 Å². The van der Waals surface area contributed by atoms with Crippen molar-refractivity contribution in [1.82, 2.24) is 4.90 Å². The highest BCUT2D eigenvalue weighted by atomic mass is 16.4. The van der Waals surface area contributed by atoms with E-state index in [9.17, 15) is 9.59 Å². The summed E-state index contributed by atoms with van der Waals surface area (Å²) in [6, 6.07) is 5.86. The minimum absolute atomic E-state index is 0.0231. The molecule has 108 valence electrons. The molecule has 1 saturated heterocycles. The summed E-state index contributed by atoms with van der Waals surface area (Å²) in [5.74, 6) is -1.22. The first-order chi connectivity index (χ1) is 9.40. The summed E-state index contributed by atoms with van der Waals surface area (Å²) < 4.78 is 0. The highest BCUT2D eigenvalue weighted by Gasteiger charge is 2.37. The van der Waals surface area contributed by atoms with Crippen LogP contribution < -0.4 is 0 Å². The van der Waals surface area contributed by atoms with E-state index in [1.165, 1.54) is 0 Å². The van der Waals surface area contributed by atoms with Crippen LogP contribution in [-0.4, -0.2) is 34.5 Å². The third-order valence-electron chi connectivity index (χ3n) is 4.24. The fraction of sp³-hybridized carbons (Fsp3) is 0.500. The zero-order valence-corrected chi connectivity index (χ0v) is 12.2. The lowest BCUT2D eigenvalue weighted by Crippen LogP contribution is -2.38. The molecule has 2 atom stereocenters. The molecule has 0 bridgehead atoms. The van der Waals surface area contributed by atoms with Crippen molar-refractivity contribution in [2.75, 3.05) is 6.54 Å². The number of amides is 1.